The summed E-state index contributed by atoms with van der Waals surface area (Å²) in [5.74, 6) is 1.31. The van der Waals surface area contributed by atoms with E-state index in [2.05, 4.69) is 5.32 Å². The molecule has 2 aromatic rings. The van der Waals surface area contributed by atoms with Crippen molar-refractivity contribution in [2.75, 3.05) is 19.7 Å². The molecule has 0 aliphatic carbocycles. The summed E-state index contributed by atoms with van der Waals surface area (Å²) in [6.07, 6.45) is -2.33. The lowest BCUT2D eigenvalue weighted by atomic mass is 9.75. The molecule has 1 spiro atoms. The summed E-state index contributed by atoms with van der Waals surface area (Å²) in [5, 5.41) is 3.36. The zero-order chi connectivity index (χ0) is 18.2. The van der Waals surface area contributed by atoms with E-state index in [0.717, 1.165) is 37.7 Å². The van der Waals surface area contributed by atoms with Crippen LogP contribution in [-0.2, 0) is 18.2 Å². The first-order chi connectivity index (χ1) is 12.5. The zero-order valence-corrected chi connectivity index (χ0v) is 14.2. The smallest absolute Gasteiger partial charge is 0.416 e. The lowest BCUT2D eigenvalue weighted by Gasteiger charge is -2.32. The van der Waals surface area contributed by atoms with E-state index in [-0.39, 0.29) is 17.6 Å². The first-order valence-corrected chi connectivity index (χ1v) is 8.74. The molecule has 0 bridgehead atoms. The molecule has 0 amide bonds. The van der Waals surface area contributed by atoms with Gasteiger partial charge in [0.2, 0.25) is 0 Å². The third kappa shape index (κ3) is 3.14. The molecule has 3 nitrogen and oxygen atoms in total. The molecule has 1 N–H and O–H groups in total. The van der Waals surface area contributed by atoms with Crippen LogP contribution >= 0.6 is 0 Å². The van der Waals surface area contributed by atoms with E-state index in [1.807, 2.05) is 12.1 Å². The van der Waals surface area contributed by atoms with Gasteiger partial charge in [0, 0.05) is 22.6 Å². The Morgan fingerprint density at radius 2 is 1.85 bits per heavy atom. The van der Waals surface area contributed by atoms with E-state index in [1.54, 1.807) is 12.1 Å². The third-order valence-electron chi connectivity index (χ3n) is 5.31. The van der Waals surface area contributed by atoms with Crippen LogP contribution in [0.2, 0.25) is 0 Å². The van der Waals surface area contributed by atoms with Crippen LogP contribution in [0.3, 0.4) is 0 Å². The fraction of sp³-hybridized carbons (Fsp3) is 0.400. The molecule has 2 aliphatic rings. The Morgan fingerprint density at radius 1 is 1.08 bits per heavy atom. The number of rotatable bonds is 3. The number of piperidine rings is 1. The predicted molar refractivity (Wildman–Crippen MR) is 91.5 cm³/mol. The van der Waals surface area contributed by atoms with Gasteiger partial charge in [-0.25, -0.2) is 0 Å². The van der Waals surface area contributed by atoms with Gasteiger partial charge in [-0.15, -0.1) is 0 Å². The molecule has 6 heteroatoms. The SMILES string of the molecule is FC(F)(F)c1ccccc1COc1ccc2c(c1)OCC21CCNCC1. The van der Waals surface area contributed by atoms with Crippen molar-refractivity contribution in [3.8, 4) is 11.5 Å². The number of alkyl halides is 3. The van der Waals surface area contributed by atoms with Crippen LogP contribution in [0, 0.1) is 0 Å². The maximum absolute atomic E-state index is 13.1. The van der Waals surface area contributed by atoms with Crippen molar-refractivity contribution in [2.24, 2.45) is 0 Å². The zero-order valence-electron chi connectivity index (χ0n) is 14.2. The lowest BCUT2D eigenvalue weighted by Crippen LogP contribution is -2.40. The van der Waals surface area contributed by atoms with Crippen molar-refractivity contribution < 1.29 is 22.6 Å². The molecule has 26 heavy (non-hydrogen) atoms. The van der Waals surface area contributed by atoms with Crippen molar-refractivity contribution >= 4 is 0 Å². The molecule has 2 aromatic carbocycles. The lowest BCUT2D eigenvalue weighted by molar-refractivity contribution is -0.138. The monoisotopic (exact) mass is 363 g/mol. The summed E-state index contributed by atoms with van der Waals surface area (Å²) >= 11 is 0. The minimum atomic E-state index is -4.39. The van der Waals surface area contributed by atoms with Crippen molar-refractivity contribution in [3.05, 3.63) is 59.2 Å². The van der Waals surface area contributed by atoms with E-state index in [1.165, 1.54) is 17.7 Å². The van der Waals surface area contributed by atoms with Gasteiger partial charge in [-0.1, -0.05) is 24.3 Å². The summed E-state index contributed by atoms with van der Waals surface area (Å²) in [7, 11) is 0. The van der Waals surface area contributed by atoms with E-state index >= 15 is 0 Å². The maximum atomic E-state index is 13.1. The van der Waals surface area contributed by atoms with Crippen LogP contribution in [0.15, 0.2) is 42.5 Å². The fourth-order valence-electron chi connectivity index (χ4n) is 3.85. The van der Waals surface area contributed by atoms with E-state index in [9.17, 15) is 13.2 Å². The standard InChI is InChI=1S/C20H20F3NO2/c21-20(22,23)16-4-2-1-3-14(16)12-25-15-5-6-17-18(11-15)26-13-19(17)7-9-24-10-8-19/h1-6,11,24H,7-10,12-13H2. The summed E-state index contributed by atoms with van der Waals surface area (Å²) in [6.45, 7) is 2.46. The number of fused-ring (bicyclic) bond motifs is 2. The number of nitrogens with one attached hydrogen (secondary N) is 1. The number of hydrogen-bond acceptors (Lipinski definition) is 3. The van der Waals surface area contributed by atoms with Crippen molar-refractivity contribution in [1.29, 1.82) is 0 Å². The van der Waals surface area contributed by atoms with E-state index in [0.29, 0.717) is 12.4 Å². The molecule has 1 fully saturated rings. The van der Waals surface area contributed by atoms with Gasteiger partial charge in [-0.2, -0.15) is 13.2 Å². The average molecular weight is 363 g/mol. The molecule has 0 aromatic heterocycles. The highest BCUT2D eigenvalue weighted by atomic mass is 19.4. The van der Waals surface area contributed by atoms with Crippen LogP contribution in [0.25, 0.3) is 0 Å². The molecule has 0 radical (unpaired) electrons. The largest absolute Gasteiger partial charge is 0.492 e. The highest BCUT2D eigenvalue weighted by Gasteiger charge is 2.41. The van der Waals surface area contributed by atoms with Crippen molar-refractivity contribution in [3.63, 3.8) is 0 Å². The number of halogens is 3. The first-order valence-electron chi connectivity index (χ1n) is 8.74. The summed E-state index contributed by atoms with van der Waals surface area (Å²) < 4.78 is 50.7. The Bertz CT molecular complexity index is 798. The van der Waals surface area contributed by atoms with Gasteiger partial charge in [0.25, 0.3) is 0 Å². The van der Waals surface area contributed by atoms with E-state index < -0.39 is 11.7 Å². The number of ether oxygens (including phenoxy) is 2. The van der Waals surface area contributed by atoms with Crippen LogP contribution in [-0.4, -0.2) is 19.7 Å². The number of benzene rings is 2. The molecular formula is C20H20F3NO2. The molecule has 0 unspecified atom stereocenters. The minimum Gasteiger partial charge on any atom is -0.492 e. The Morgan fingerprint density at radius 3 is 2.62 bits per heavy atom. The highest BCUT2D eigenvalue weighted by Crippen LogP contribution is 2.45. The van der Waals surface area contributed by atoms with Gasteiger partial charge < -0.3 is 14.8 Å². The molecule has 0 atom stereocenters. The normalized spacial score (nSPS) is 18.4. The van der Waals surface area contributed by atoms with Gasteiger partial charge in [0.15, 0.2) is 0 Å². The first kappa shape index (κ1) is 17.2. The summed E-state index contributed by atoms with van der Waals surface area (Å²) in [4.78, 5) is 0. The Balaban J connectivity index is 1.51. The van der Waals surface area contributed by atoms with Gasteiger partial charge in [0.1, 0.15) is 18.1 Å². The van der Waals surface area contributed by atoms with Crippen LogP contribution in [0.1, 0.15) is 29.5 Å². The van der Waals surface area contributed by atoms with Crippen molar-refractivity contribution in [1.82, 2.24) is 5.32 Å². The molecular weight excluding hydrogens is 343 g/mol. The third-order valence-corrected chi connectivity index (χ3v) is 5.31. The van der Waals surface area contributed by atoms with Gasteiger partial charge in [-0.3, -0.25) is 0 Å². The molecule has 4 rings (SSSR count). The van der Waals surface area contributed by atoms with Crippen molar-refractivity contribution in [2.45, 2.75) is 31.0 Å². The van der Waals surface area contributed by atoms with Crippen LogP contribution in [0.5, 0.6) is 11.5 Å². The number of hydrogen-bond donors (Lipinski definition) is 1. The molecule has 138 valence electrons. The second-order valence-electron chi connectivity index (χ2n) is 6.92. The van der Waals surface area contributed by atoms with Gasteiger partial charge in [0.05, 0.1) is 12.2 Å². The fourth-order valence-corrected chi connectivity index (χ4v) is 3.85. The minimum absolute atomic E-state index is 0.0575. The Hall–Kier alpha value is -2.21. The average Bonchev–Trinajstić information content (AvgIpc) is 2.98. The highest BCUT2D eigenvalue weighted by molar-refractivity contribution is 5.48. The quantitative estimate of drug-likeness (QED) is 0.882. The topological polar surface area (TPSA) is 30.5 Å². The maximum Gasteiger partial charge on any atom is 0.416 e. The molecule has 2 aliphatic heterocycles. The van der Waals surface area contributed by atoms with E-state index in [4.69, 9.17) is 9.47 Å². The Labute approximate surface area is 150 Å². The molecule has 0 saturated carbocycles. The van der Waals surface area contributed by atoms with Gasteiger partial charge in [-0.05, 0) is 38.1 Å². The second-order valence-corrected chi connectivity index (χ2v) is 6.92. The Kier molecular flexibility index (Phi) is 4.31. The molecule has 1 saturated heterocycles. The molecule has 2 heterocycles. The van der Waals surface area contributed by atoms with Gasteiger partial charge >= 0.3 is 6.18 Å². The van der Waals surface area contributed by atoms with Crippen LogP contribution in [0.4, 0.5) is 13.2 Å². The predicted octanol–water partition coefficient (Wildman–Crippen LogP) is 4.30. The second kappa shape index (κ2) is 6.50. The van der Waals surface area contributed by atoms with Crippen LogP contribution < -0.4 is 14.8 Å². The summed E-state index contributed by atoms with van der Waals surface area (Å²) in [5.41, 5.74) is 0.700. The summed E-state index contributed by atoms with van der Waals surface area (Å²) in [6, 6.07) is 11.1.